The number of nitrogens with one attached hydrogen (secondary N) is 2. The maximum atomic E-state index is 12.0. The van der Waals surface area contributed by atoms with Gasteiger partial charge in [0.25, 0.3) is 5.91 Å². The summed E-state index contributed by atoms with van der Waals surface area (Å²) in [4.78, 5) is 24.5. The van der Waals surface area contributed by atoms with Gasteiger partial charge in [0.15, 0.2) is 6.61 Å². The standard InChI is InChI=1S/C18H17ClN2O3S/c19-12-3-6-14(7-4-12)25-9-1-2-17(22)20-13-5-8-16-15(10-13)21-18(23)11-24-16/h3-8,10H,1-2,9,11H2,(H,20,22)(H,21,23). The number of hydrogen-bond acceptors (Lipinski definition) is 4. The molecule has 1 aliphatic rings. The number of carbonyl (C=O) groups excluding carboxylic acids is 2. The number of benzene rings is 2. The average molecular weight is 377 g/mol. The van der Waals surface area contributed by atoms with E-state index in [1.165, 1.54) is 0 Å². The topological polar surface area (TPSA) is 67.4 Å². The van der Waals surface area contributed by atoms with E-state index in [2.05, 4.69) is 10.6 Å². The van der Waals surface area contributed by atoms with Gasteiger partial charge >= 0.3 is 0 Å². The summed E-state index contributed by atoms with van der Waals surface area (Å²) < 4.78 is 5.29. The molecule has 0 saturated heterocycles. The van der Waals surface area contributed by atoms with Crippen molar-refractivity contribution in [1.29, 1.82) is 0 Å². The molecule has 25 heavy (non-hydrogen) atoms. The van der Waals surface area contributed by atoms with Crippen molar-refractivity contribution in [2.75, 3.05) is 23.0 Å². The van der Waals surface area contributed by atoms with Crippen LogP contribution < -0.4 is 15.4 Å². The monoisotopic (exact) mass is 376 g/mol. The van der Waals surface area contributed by atoms with E-state index < -0.39 is 0 Å². The molecule has 5 nitrogen and oxygen atoms in total. The molecule has 2 aromatic rings. The summed E-state index contributed by atoms with van der Waals surface area (Å²) in [6, 6.07) is 12.8. The first kappa shape index (κ1) is 17.6. The Morgan fingerprint density at radius 1 is 1.24 bits per heavy atom. The molecule has 0 radical (unpaired) electrons. The van der Waals surface area contributed by atoms with Gasteiger partial charge in [-0.1, -0.05) is 11.6 Å². The van der Waals surface area contributed by atoms with Crippen LogP contribution in [0.2, 0.25) is 5.02 Å². The molecular formula is C18H17ClN2O3S. The molecule has 2 amide bonds. The molecule has 0 atom stereocenters. The van der Waals surface area contributed by atoms with Crippen LogP contribution in [0.25, 0.3) is 0 Å². The molecular weight excluding hydrogens is 360 g/mol. The smallest absolute Gasteiger partial charge is 0.262 e. The number of thioether (sulfide) groups is 1. The molecule has 0 saturated carbocycles. The van der Waals surface area contributed by atoms with E-state index in [0.29, 0.717) is 23.5 Å². The van der Waals surface area contributed by atoms with E-state index in [1.54, 1.807) is 30.0 Å². The summed E-state index contributed by atoms with van der Waals surface area (Å²) in [6.07, 6.45) is 1.20. The first-order valence-electron chi connectivity index (χ1n) is 7.85. The maximum absolute atomic E-state index is 12.0. The summed E-state index contributed by atoms with van der Waals surface area (Å²) >= 11 is 7.54. The molecule has 130 valence electrons. The first-order chi connectivity index (χ1) is 12.1. The Labute approximate surface area is 155 Å². The Morgan fingerprint density at radius 3 is 2.84 bits per heavy atom. The van der Waals surface area contributed by atoms with Gasteiger partial charge in [0, 0.05) is 22.0 Å². The number of rotatable bonds is 6. The van der Waals surface area contributed by atoms with Crippen molar-refractivity contribution in [2.45, 2.75) is 17.7 Å². The predicted octanol–water partition coefficient (Wildman–Crippen LogP) is 4.18. The summed E-state index contributed by atoms with van der Waals surface area (Å²) in [5, 5.41) is 6.28. The number of ether oxygens (including phenoxy) is 1. The number of anilines is 2. The molecule has 0 spiro atoms. The van der Waals surface area contributed by atoms with Crippen LogP contribution in [0.3, 0.4) is 0 Å². The molecule has 1 aliphatic heterocycles. The maximum Gasteiger partial charge on any atom is 0.262 e. The minimum absolute atomic E-state index is 0.0178. The Kier molecular flexibility index (Phi) is 5.83. The van der Waals surface area contributed by atoms with Crippen molar-refractivity contribution in [2.24, 2.45) is 0 Å². The lowest BCUT2D eigenvalue weighted by Gasteiger charge is -2.18. The van der Waals surface area contributed by atoms with Crippen LogP contribution in [0.1, 0.15) is 12.8 Å². The third kappa shape index (κ3) is 5.14. The number of fused-ring (bicyclic) bond motifs is 1. The Balaban J connectivity index is 1.44. The fraction of sp³-hybridized carbons (Fsp3) is 0.222. The van der Waals surface area contributed by atoms with Crippen molar-refractivity contribution < 1.29 is 14.3 Å². The molecule has 1 heterocycles. The second kappa shape index (κ2) is 8.27. The third-order valence-electron chi connectivity index (χ3n) is 3.53. The van der Waals surface area contributed by atoms with Crippen molar-refractivity contribution in [3.05, 3.63) is 47.5 Å². The van der Waals surface area contributed by atoms with Crippen molar-refractivity contribution in [1.82, 2.24) is 0 Å². The summed E-state index contributed by atoms with van der Waals surface area (Å²) in [5.41, 5.74) is 1.22. The number of hydrogen-bond donors (Lipinski definition) is 2. The average Bonchev–Trinajstić information content (AvgIpc) is 2.60. The highest BCUT2D eigenvalue weighted by Crippen LogP contribution is 2.30. The van der Waals surface area contributed by atoms with Gasteiger partial charge in [-0.15, -0.1) is 11.8 Å². The summed E-state index contributed by atoms with van der Waals surface area (Å²) in [5.74, 6) is 1.20. The van der Waals surface area contributed by atoms with E-state index in [9.17, 15) is 9.59 Å². The zero-order valence-electron chi connectivity index (χ0n) is 13.4. The molecule has 3 rings (SSSR count). The lowest BCUT2D eigenvalue weighted by atomic mass is 10.2. The fourth-order valence-electron chi connectivity index (χ4n) is 2.34. The van der Waals surface area contributed by atoms with E-state index in [1.807, 2.05) is 24.3 Å². The highest BCUT2D eigenvalue weighted by Gasteiger charge is 2.16. The van der Waals surface area contributed by atoms with Gasteiger partial charge in [0.05, 0.1) is 5.69 Å². The second-order valence-corrected chi connectivity index (χ2v) is 7.11. The lowest BCUT2D eigenvalue weighted by molar-refractivity contribution is -0.118. The van der Waals surface area contributed by atoms with Crippen molar-refractivity contribution in [3.8, 4) is 5.75 Å². The van der Waals surface area contributed by atoms with Crippen LogP contribution in [-0.2, 0) is 9.59 Å². The number of amides is 2. The molecule has 0 aliphatic carbocycles. The molecule has 0 fully saturated rings. The summed E-state index contributed by atoms with van der Waals surface area (Å²) in [6.45, 7) is 0.0178. The third-order valence-corrected chi connectivity index (χ3v) is 4.88. The van der Waals surface area contributed by atoms with Crippen molar-refractivity contribution >= 4 is 46.6 Å². The lowest BCUT2D eigenvalue weighted by Crippen LogP contribution is -2.25. The first-order valence-corrected chi connectivity index (χ1v) is 9.21. The van der Waals surface area contributed by atoms with Gasteiger partial charge in [-0.25, -0.2) is 0 Å². The van der Waals surface area contributed by atoms with Gasteiger partial charge in [-0.05, 0) is 54.6 Å². The largest absolute Gasteiger partial charge is 0.482 e. The van der Waals surface area contributed by atoms with Crippen LogP contribution >= 0.6 is 23.4 Å². The summed E-state index contributed by atoms with van der Waals surface area (Å²) in [7, 11) is 0. The molecule has 7 heteroatoms. The normalized spacial score (nSPS) is 12.8. The van der Waals surface area contributed by atoms with Crippen LogP contribution in [0.4, 0.5) is 11.4 Å². The highest BCUT2D eigenvalue weighted by molar-refractivity contribution is 7.99. The zero-order chi connectivity index (χ0) is 17.6. The Bertz CT molecular complexity index is 780. The highest BCUT2D eigenvalue weighted by atomic mass is 35.5. The van der Waals surface area contributed by atoms with Crippen LogP contribution in [0, 0.1) is 0 Å². The molecule has 0 aromatic heterocycles. The predicted molar refractivity (Wildman–Crippen MR) is 101 cm³/mol. The second-order valence-electron chi connectivity index (χ2n) is 5.50. The molecule has 2 aromatic carbocycles. The quantitative estimate of drug-likeness (QED) is 0.586. The zero-order valence-corrected chi connectivity index (χ0v) is 15.0. The SMILES string of the molecule is O=C(CCCSc1ccc(Cl)cc1)Nc1ccc2c(c1)NC(=O)CO2. The Morgan fingerprint density at radius 2 is 2.04 bits per heavy atom. The van der Waals surface area contributed by atoms with E-state index in [-0.39, 0.29) is 18.4 Å². The van der Waals surface area contributed by atoms with E-state index in [4.69, 9.17) is 16.3 Å². The number of carbonyl (C=O) groups is 2. The Hall–Kier alpha value is -2.18. The number of halogens is 1. The van der Waals surface area contributed by atoms with Crippen LogP contribution in [0.5, 0.6) is 5.75 Å². The van der Waals surface area contributed by atoms with Crippen molar-refractivity contribution in [3.63, 3.8) is 0 Å². The van der Waals surface area contributed by atoms with Gasteiger partial charge in [-0.2, -0.15) is 0 Å². The van der Waals surface area contributed by atoms with Crippen LogP contribution in [-0.4, -0.2) is 24.2 Å². The van der Waals surface area contributed by atoms with Gasteiger partial charge in [0.1, 0.15) is 5.75 Å². The van der Waals surface area contributed by atoms with E-state index in [0.717, 1.165) is 22.1 Å². The van der Waals surface area contributed by atoms with Crippen LogP contribution in [0.15, 0.2) is 47.4 Å². The van der Waals surface area contributed by atoms with Gasteiger partial charge < -0.3 is 15.4 Å². The minimum atomic E-state index is -0.199. The van der Waals surface area contributed by atoms with E-state index >= 15 is 0 Å². The minimum Gasteiger partial charge on any atom is -0.482 e. The van der Waals surface area contributed by atoms with Gasteiger partial charge in [-0.3, -0.25) is 9.59 Å². The molecule has 0 bridgehead atoms. The molecule has 0 unspecified atom stereocenters. The van der Waals surface area contributed by atoms with Gasteiger partial charge in [0.2, 0.25) is 5.91 Å². The fourth-order valence-corrected chi connectivity index (χ4v) is 3.32. The molecule has 2 N–H and O–H groups in total.